The fourth-order valence-electron chi connectivity index (χ4n) is 2.13. The molecule has 1 aliphatic rings. The fraction of sp³-hybridized carbons (Fsp3) is 0.364. The van der Waals surface area contributed by atoms with Gasteiger partial charge in [0.15, 0.2) is 0 Å². The molecule has 4 nitrogen and oxygen atoms in total. The number of rotatable bonds is 1. The van der Waals surface area contributed by atoms with Crippen LogP contribution < -0.4 is 5.73 Å². The fourth-order valence-corrected chi connectivity index (χ4v) is 2.13. The van der Waals surface area contributed by atoms with Gasteiger partial charge in [-0.2, -0.15) is 0 Å². The second-order valence-corrected chi connectivity index (χ2v) is 4.10. The predicted molar refractivity (Wildman–Crippen MR) is 58.7 cm³/mol. The van der Waals surface area contributed by atoms with Crippen molar-refractivity contribution in [3.8, 4) is 5.75 Å². The zero-order valence-corrected chi connectivity index (χ0v) is 8.35. The zero-order valence-electron chi connectivity index (χ0n) is 8.35. The topological polar surface area (TPSA) is 64.1 Å². The molecule has 78 valence electrons. The van der Waals surface area contributed by atoms with Gasteiger partial charge in [0.1, 0.15) is 5.75 Å². The number of nitrogen functional groups attached to an aromatic ring is 1. The van der Waals surface area contributed by atoms with Crippen molar-refractivity contribution in [2.24, 2.45) is 0 Å². The Balaban J connectivity index is 2.25. The monoisotopic (exact) mass is 203 g/mol. The van der Waals surface area contributed by atoms with Gasteiger partial charge in [0, 0.05) is 12.1 Å². The maximum atomic E-state index is 9.45. The van der Waals surface area contributed by atoms with Gasteiger partial charge in [-0.1, -0.05) is 0 Å². The average Bonchev–Trinajstić information content (AvgIpc) is 2.42. The zero-order chi connectivity index (χ0) is 10.4. The van der Waals surface area contributed by atoms with E-state index < -0.39 is 0 Å². The second kappa shape index (κ2) is 2.89. The van der Waals surface area contributed by atoms with E-state index in [9.17, 15) is 5.11 Å². The van der Waals surface area contributed by atoms with E-state index >= 15 is 0 Å². The van der Waals surface area contributed by atoms with Gasteiger partial charge in [-0.3, -0.25) is 0 Å². The summed E-state index contributed by atoms with van der Waals surface area (Å²) in [7, 11) is 0. The first-order valence-electron chi connectivity index (χ1n) is 5.22. The minimum Gasteiger partial charge on any atom is -0.508 e. The number of benzene rings is 1. The third-order valence-corrected chi connectivity index (χ3v) is 3.14. The van der Waals surface area contributed by atoms with Crippen molar-refractivity contribution >= 4 is 17.0 Å². The molecule has 0 saturated heterocycles. The molecule has 4 heteroatoms. The molecule has 0 unspecified atom stereocenters. The molecule has 2 aromatic rings. The Morgan fingerprint density at radius 3 is 2.87 bits per heavy atom. The van der Waals surface area contributed by atoms with Gasteiger partial charge in [-0.25, -0.2) is 4.98 Å². The Bertz CT molecular complexity index is 514. The van der Waals surface area contributed by atoms with Crippen molar-refractivity contribution in [2.75, 3.05) is 5.73 Å². The van der Waals surface area contributed by atoms with Crippen molar-refractivity contribution in [3.63, 3.8) is 0 Å². The summed E-state index contributed by atoms with van der Waals surface area (Å²) in [5.41, 5.74) is 7.68. The molecule has 15 heavy (non-hydrogen) atoms. The van der Waals surface area contributed by atoms with Gasteiger partial charge in [0.25, 0.3) is 0 Å². The molecule has 1 aliphatic carbocycles. The van der Waals surface area contributed by atoms with Gasteiger partial charge in [-0.15, -0.1) is 0 Å². The smallest absolute Gasteiger partial charge is 0.201 e. The quantitative estimate of drug-likeness (QED) is 0.745. The number of nitrogens with two attached hydrogens (primary N) is 1. The van der Waals surface area contributed by atoms with Crippen molar-refractivity contribution in [3.05, 3.63) is 18.2 Å². The highest BCUT2D eigenvalue weighted by Gasteiger charge is 2.23. The summed E-state index contributed by atoms with van der Waals surface area (Å²) in [5, 5.41) is 9.45. The number of hydrogen-bond donors (Lipinski definition) is 2. The van der Waals surface area contributed by atoms with E-state index in [1.165, 1.54) is 6.42 Å². The van der Waals surface area contributed by atoms with E-state index in [4.69, 9.17) is 5.73 Å². The molecule has 3 N–H and O–H groups in total. The van der Waals surface area contributed by atoms with E-state index in [1.54, 1.807) is 18.2 Å². The van der Waals surface area contributed by atoms with Crippen LogP contribution >= 0.6 is 0 Å². The largest absolute Gasteiger partial charge is 0.508 e. The van der Waals surface area contributed by atoms with E-state index in [2.05, 4.69) is 4.98 Å². The Hall–Kier alpha value is -1.71. The summed E-state index contributed by atoms with van der Waals surface area (Å²) in [5.74, 6) is 0.822. The van der Waals surface area contributed by atoms with Crippen LogP contribution in [0.25, 0.3) is 11.0 Å². The molecule has 1 fully saturated rings. The number of hydrogen-bond acceptors (Lipinski definition) is 3. The van der Waals surface area contributed by atoms with Crippen LogP contribution in [0.5, 0.6) is 5.75 Å². The standard InChI is InChI=1S/C11H13N3O/c12-11-13-9-5-4-8(15)6-10(9)14(11)7-2-1-3-7/h4-7,15H,1-3H2,(H2,12,13). The molecule has 0 atom stereocenters. The summed E-state index contributed by atoms with van der Waals surface area (Å²) in [6, 6.07) is 5.64. The number of anilines is 1. The average molecular weight is 203 g/mol. The van der Waals surface area contributed by atoms with E-state index in [1.807, 2.05) is 4.57 Å². The molecule has 0 amide bonds. The SMILES string of the molecule is Nc1nc2ccc(O)cc2n1C1CCC1. The van der Waals surface area contributed by atoms with Crippen LogP contribution in [-0.4, -0.2) is 14.7 Å². The molecule has 0 radical (unpaired) electrons. The molecule has 1 saturated carbocycles. The lowest BCUT2D eigenvalue weighted by Gasteiger charge is -2.28. The number of fused-ring (bicyclic) bond motifs is 1. The number of aromatic nitrogens is 2. The van der Waals surface area contributed by atoms with E-state index in [0.29, 0.717) is 12.0 Å². The Labute approximate surface area is 87.3 Å². The first-order chi connectivity index (χ1) is 7.25. The minimum atomic E-state index is 0.267. The molecular formula is C11H13N3O. The van der Waals surface area contributed by atoms with Crippen molar-refractivity contribution in [1.29, 1.82) is 0 Å². The number of nitrogens with zero attached hydrogens (tertiary/aromatic N) is 2. The number of phenolic OH excluding ortho intramolecular Hbond substituents is 1. The second-order valence-electron chi connectivity index (χ2n) is 4.10. The lowest BCUT2D eigenvalue weighted by atomic mass is 9.93. The lowest BCUT2D eigenvalue weighted by molar-refractivity contribution is 0.324. The first kappa shape index (κ1) is 8.59. The van der Waals surface area contributed by atoms with Crippen LogP contribution in [-0.2, 0) is 0 Å². The van der Waals surface area contributed by atoms with Crippen LogP contribution in [0.4, 0.5) is 5.95 Å². The van der Waals surface area contributed by atoms with Gasteiger partial charge in [0.2, 0.25) is 5.95 Å². The van der Waals surface area contributed by atoms with Crippen LogP contribution in [0.2, 0.25) is 0 Å². The Morgan fingerprint density at radius 2 is 2.20 bits per heavy atom. The minimum absolute atomic E-state index is 0.267. The summed E-state index contributed by atoms with van der Waals surface area (Å²) >= 11 is 0. The van der Waals surface area contributed by atoms with Gasteiger partial charge < -0.3 is 15.4 Å². The highest BCUT2D eigenvalue weighted by Crippen LogP contribution is 2.36. The van der Waals surface area contributed by atoms with E-state index in [0.717, 1.165) is 23.9 Å². The molecule has 0 spiro atoms. The summed E-state index contributed by atoms with van der Waals surface area (Å²) in [6.45, 7) is 0. The maximum absolute atomic E-state index is 9.45. The van der Waals surface area contributed by atoms with Gasteiger partial charge in [-0.05, 0) is 31.4 Å². The first-order valence-corrected chi connectivity index (χ1v) is 5.22. The van der Waals surface area contributed by atoms with Crippen LogP contribution in [0.15, 0.2) is 18.2 Å². The normalized spacial score (nSPS) is 16.8. The summed E-state index contributed by atoms with van der Waals surface area (Å²) in [4.78, 5) is 4.29. The Morgan fingerprint density at radius 1 is 1.40 bits per heavy atom. The third-order valence-electron chi connectivity index (χ3n) is 3.14. The third kappa shape index (κ3) is 1.17. The predicted octanol–water partition coefficient (Wildman–Crippen LogP) is 2.05. The Kier molecular flexibility index (Phi) is 1.65. The summed E-state index contributed by atoms with van der Waals surface area (Å²) in [6.07, 6.45) is 3.57. The maximum Gasteiger partial charge on any atom is 0.201 e. The molecule has 0 bridgehead atoms. The van der Waals surface area contributed by atoms with Gasteiger partial charge in [0.05, 0.1) is 11.0 Å². The van der Waals surface area contributed by atoms with Crippen molar-refractivity contribution in [2.45, 2.75) is 25.3 Å². The molecule has 0 aliphatic heterocycles. The highest BCUT2D eigenvalue weighted by atomic mass is 16.3. The molecule has 1 aromatic heterocycles. The van der Waals surface area contributed by atoms with E-state index in [-0.39, 0.29) is 5.75 Å². The highest BCUT2D eigenvalue weighted by molar-refractivity contribution is 5.80. The van der Waals surface area contributed by atoms with Gasteiger partial charge >= 0.3 is 0 Å². The molecular weight excluding hydrogens is 190 g/mol. The number of aromatic hydroxyl groups is 1. The molecule has 1 aromatic carbocycles. The van der Waals surface area contributed by atoms with Crippen molar-refractivity contribution in [1.82, 2.24) is 9.55 Å². The van der Waals surface area contributed by atoms with Crippen LogP contribution in [0.1, 0.15) is 25.3 Å². The lowest BCUT2D eigenvalue weighted by Crippen LogP contribution is -2.18. The van der Waals surface area contributed by atoms with Crippen LogP contribution in [0.3, 0.4) is 0 Å². The number of phenols is 1. The number of imidazole rings is 1. The van der Waals surface area contributed by atoms with Crippen LogP contribution in [0, 0.1) is 0 Å². The van der Waals surface area contributed by atoms with Crippen molar-refractivity contribution < 1.29 is 5.11 Å². The molecule has 1 heterocycles. The summed E-state index contributed by atoms with van der Waals surface area (Å²) < 4.78 is 2.04. The molecule has 3 rings (SSSR count).